The predicted octanol–water partition coefficient (Wildman–Crippen LogP) is 6.16. The zero-order valence-electron chi connectivity index (χ0n) is 26.3. The number of carbonyl (C=O) groups excluding carboxylic acids is 1. The Morgan fingerprint density at radius 2 is 1.82 bits per heavy atom. The maximum atomic E-state index is 15.4. The second-order valence-corrected chi connectivity index (χ2v) is 14.1. The zero-order chi connectivity index (χ0) is 31.5. The van der Waals surface area contributed by atoms with Gasteiger partial charge in [-0.25, -0.2) is 14.2 Å². The standard InChI is InChI=1S/C33H40ClFN6O4/c1-32(2,3)45-31(42)41-21-8-9-22(41)18-39(17-21)29-24-16-36-28(34)26(35)27(24)37-30(38-29)44-19-33-13-5-15-40(33)25(12-14-33)20-6-10-23(43-4)11-7-20/h6-7,10-11,16,21-22,25H,5,8-9,12-15,17-19H2,1-4H3. The van der Waals surface area contributed by atoms with Gasteiger partial charge in [0.25, 0.3) is 0 Å². The van der Waals surface area contributed by atoms with Crippen LogP contribution in [0.5, 0.6) is 11.8 Å². The van der Waals surface area contributed by atoms with Crippen LogP contribution in [0.4, 0.5) is 15.0 Å². The SMILES string of the molecule is COc1ccc(C2CCC3(COc4nc(N5CC6CCC(C5)N6C(=O)OC(C)(C)C)c5cnc(Cl)c(F)c5n4)CCCN23)cc1. The first kappa shape index (κ1) is 30.2. The van der Waals surface area contributed by atoms with Gasteiger partial charge in [0, 0.05) is 25.3 Å². The van der Waals surface area contributed by atoms with E-state index in [0.717, 1.165) is 50.8 Å². The van der Waals surface area contributed by atoms with Crippen LogP contribution in [-0.4, -0.2) is 87.4 Å². The van der Waals surface area contributed by atoms with Crippen molar-refractivity contribution in [2.24, 2.45) is 0 Å². The number of piperazine rings is 1. The molecule has 45 heavy (non-hydrogen) atoms. The summed E-state index contributed by atoms with van der Waals surface area (Å²) in [7, 11) is 1.68. The van der Waals surface area contributed by atoms with Crippen molar-refractivity contribution in [2.75, 3.05) is 38.3 Å². The minimum atomic E-state index is -0.695. The molecule has 4 aliphatic heterocycles. The van der Waals surface area contributed by atoms with Crippen LogP contribution < -0.4 is 14.4 Å². The molecule has 4 fully saturated rings. The summed E-state index contributed by atoms with van der Waals surface area (Å²) >= 11 is 6.11. The first-order chi connectivity index (χ1) is 21.5. The fourth-order valence-corrected chi connectivity index (χ4v) is 8.01. The van der Waals surface area contributed by atoms with Crippen LogP contribution in [0.2, 0.25) is 5.15 Å². The number of aromatic nitrogens is 3. The third kappa shape index (κ3) is 5.52. The summed E-state index contributed by atoms with van der Waals surface area (Å²) in [5.74, 6) is 0.694. The smallest absolute Gasteiger partial charge is 0.410 e. The molecule has 10 nitrogen and oxygen atoms in total. The zero-order valence-corrected chi connectivity index (χ0v) is 27.0. The molecule has 240 valence electrons. The summed E-state index contributed by atoms with van der Waals surface area (Å²) in [6.45, 7) is 8.09. The first-order valence-electron chi connectivity index (χ1n) is 15.9. The number of ether oxygens (including phenoxy) is 3. The number of fused-ring (bicyclic) bond motifs is 4. The van der Waals surface area contributed by atoms with E-state index in [2.05, 4.69) is 31.9 Å². The average molecular weight is 639 g/mol. The van der Waals surface area contributed by atoms with E-state index >= 15 is 4.39 Å². The summed E-state index contributed by atoms with van der Waals surface area (Å²) in [6.07, 6.45) is 7.06. The number of rotatable bonds is 6. The van der Waals surface area contributed by atoms with Crippen molar-refractivity contribution in [3.05, 3.63) is 47.0 Å². The Bertz CT molecular complexity index is 1590. The van der Waals surface area contributed by atoms with Gasteiger partial charge in [-0.3, -0.25) is 9.80 Å². The van der Waals surface area contributed by atoms with Crippen molar-refractivity contribution in [3.8, 4) is 11.8 Å². The number of hydrogen-bond donors (Lipinski definition) is 0. The topological polar surface area (TPSA) is 93.2 Å². The Kier molecular flexibility index (Phi) is 7.67. The fourth-order valence-electron chi connectivity index (χ4n) is 7.87. The highest BCUT2D eigenvalue weighted by molar-refractivity contribution is 6.30. The number of nitrogens with zero attached hydrogens (tertiary/aromatic N) is 6. The quantitative estimate of drug-likeness (QED) is 0.294. The van der Waals surface area contributed by atoms with Crippen LogP contribution in [0.15, 0.2) is 30.5 Å². The molecular formula is C33H40ClFN6O4. The Labute approximate surface area is 267 Å². The van der Waals surface area contributed by atoms with Crippen molar-refractivity contribution in [2.45, 2.75) is 88.6 Å². The Balaban J connectivity index is 1.15. The number of halogens is 2. The van der Waals surface area contributed by atoms with Crippen LogP contribution in [0, 0.1) is 5.82 Å². The molecule has 7 rings (SSSR count). The highest BCUT2D eigenvalue weighted by atomic mass is 35.5. The van der Waals surface area contributed by atoms with Gasteiger partial charge < -0.3 is 19.1 Å². The third-order valence-corrected chi connectivity index (χ3v) is 10.1. The van der Waals surface area contributed by atoms with E-state index < -0.39 is 11.4 Å². The van der Waals surface area contributed by atoms with Gasteiger partial charge in [0.2, 0.25) is 0 Å². The minimum absolute atomic E-state index is 0.0441. The van der Waals surface area contributed by atoms with E-state index in [0.29, 0.717) is 36.9 Å². The highest BCUT2D eigenvalue weighted by Crippen LogP contribution is 2.49. The van der Waals surface area contributed by atoms with Crippen LogP contribution in [0.3, 0.4) is 0 Å². The van der Waals surface area contributed by atoms with E-state index in [1.807, 2.05) is 37.8 Å². The van der Waals surface area contributed by atoms with Crippen molar-refractivity contribution < 1.29 is 23.4 Å². The molecule has 6 heterocycles. The lowest BCUT2D eigenvalue weighted by atomic mass is 9.95. The van der Waals surface area contributed by atoms with Gasteiger partial charge in [-0.05, 0) is 83.5 Å². The van der Waals surface area contributed by atoms with Gasteiger partial charge in [0.1, 0.15) is 29.3 Å². The Hall–Kier alpha value is -3.44. The third-order valence-electron chi connectivity index (χ3n) is 9.87. The number of hydrogen-bond acceptors (Lipinski definition) is 9. The monoisotopic (exact) mass is 638 g/mol. The van der Waals surface area contributed by atoms with E-state index in [4.69, 9.17) is 30.8 Å². The molecule has 0 radical (unpaired) electrons. The fraction of sp³-hybridized carbons (Fsp3) is 0.576. The van der Waals surface area contributed by atoms with Gasteiger partial charge in [-0.15, -0.1) is 0 Å². The molecule has 3 aromatic rings. The molecule has 4 saturated heterocycles. The Morgan fingerprint density at radius 1 is 1.09 bits per heavy atom. The van der Waals surface area contributed by atoms with Gasteiger partial charge in [0.15, 0.2) is 11.0 Å². The molecular weight excluding hydrogens is 599 g/mol. The summed E-state index contributed by atoms with van der Waals surface area (Å²) in [6, 6.07) is 8.65. The van der Waals surface area contributed by atoms with Crippen LogP contribution in [0.1, 0.15) is 70.9 Å². The molecule has 0 N–H and O–H groups in total. The molecule has 0 spiro atoms. The number of carbonyl (C=O) groups is 1. The molecule has 4 atom stereocenters. The molecule has 1 amide bonds. The first-order valence-corrected chi connectivity index (χ1v) is 16.2. The van der Waals surface area contributed by atoms with Gasteiger partial charge >= 0.3 is 12.1 Å². The molecule has 1 aromatic carbocycles. The molecule has 2 bridgehead atoms. The average Bonchev–Trinajstić information content (AvgIpc) is 3.66. The van der Waals surface area contributed by atoms with Crippen LogP contribution in [0.25, 0.3) is 10.9 Å². The van der Waals surface area contributed by atoms with Gasteiger partial charge in [-0.2, -0.15) is 9.97 Å². The molecule has 12 heteroatoms. The summed E-state index contributed by atoms with van der Waals surface area (Å²) in [5, 5.41) is 0.224. The Morgan fingerprint density at radius 3 is 2.51 bits per heavy atom. The maximum Gasteiger partial charge on any atom is 0.410 e. The molecule has 4 aliphatic rings. The number of anilines is 1. The number of amides is 1. The second kappa shape index (κ2) is 11.4. The largest absolute Gasteiger partial charge is 0.497 e. The lowest BCUT2D eigenvalue weighted by molar-refractivity contribution is 0.0122. The minimum Gasteiger partial charge on any atom is -0.497 e. The normalized spacial score (nSPS) is 26.4. The number of pyridine rings is 1. The molecule has 4 unspecified atom stereocenters. The van der Waals surface area contributed by atoms with E-state index in [-0.39, 0.29) is 40.4 Å². The lowest BCUT2D eigenvalue weighted by Gasteiger charge is -2.42. The van der Waals surface area contributed by atoms with Crippen LogP contribution in [-0.2, 0) is 4.74 Å². The van der Waals surface area contributed by atoms with Gasteiger partial charge in [-0.1, -0.05) is 23.7 Å². The highest BCUT2D eigenvalue weighted by Gasteiger charge is 2.50. The molecule has 0 saturated carbocycles. The summed E-state index contributed by atoms with van der Waals surface area (Å²) in [4.78, 5) is 33.1. The van der Waals surface area contributed by atoms with E-state index in [9.17, 15) is 4.79 Å². The van der Waals surface area contributed by atoms with E-state index in [1.54, 1.807) is 7.11 Å². The van der Waals surface area contributed by atoms with Crippen molar-refractivity contribution >= 4 is 34.4 Å². The van der Waals surface area contributed by atoms with Crippen molar-refractivity contribution in [1.82, 2.24) is 24.8 Å². The van der Waals surface area contributed by atoms with Gasteiger partial charge in [0.05, 0.1) is 30.1 Å². The van der Waals surface area contributed by atoms with Crippen LogP contribution >= 0.6 is 11.6 Å². The maximum absolute atomic E-state index is 15.4. The van der Waals surface area contributed by atoms with Crippen molar-refractivity contribution in [1.29, 1.82) is 0 Å². The number of methoxy groups -OCH3 is 1. The predicted molar refractivity (Wildman–Crippen MR) is 169 cm³/mol. The summed E-state index contributed by atoms with van der Waals surface area (Å²) < 4.78 is 32.9. The second-order valence-electron chi connectivity index (χ2n) is 13.8. The molecule has 2 aromatic heterocycles. The summed E-state index contributed by atoms with van der Waals surface area (Å²) in [5.41, 5.74) is 0.636. The van der Waals surface area contributed by atoms with Crippen molar-refractivity contribution in [3.63, 3.8) is 0 Å². The molecule has 0 aliphatic carbocycles. The van der Waals surface area contributed by atoms with E-state index in [1.165, 1.54) is 11.8 Å². The lowest BCUT2D eigenvalue weighted by Crippen LogP contribution is -2.57. The number of benzene rings is 1.